The molecular weight excluding hydrogens is 433 g/mol. The highest BCUT2D eigenvalue weighted by Gasteiger charge is 2.28. The number of aryl methyl sites for hydroxylation is 1. The van der Waals surface area contributed by atoms with Crippen molar-refractivity contribution in [2.24, 2.45) is 0 Å². The van der Waals surface area contributed by atoms with Crippen molar-refractivity contribution in [1.29, 1.82) is 0 Å². The molecule has 6 nitrogen and oxygen atoms in total. The molecule has 7 heteroatoms. The number of nitrogens with one attached hydrogen (secondary N) is 1. The molecule has 2 atom stereocenters. The fourth-order valence-corrected chi connectivity index (χ4v) is 4.99. The van der Waals surface area contributed by atoms with Gasteiger partial charge in [0.25, 0.3) is 0 Å². The Balaban J connectivity index is 1.77. The van der Waals surface area contributed by atoms with E-state index in [-0.39, 0.29) is 17.3 Å². The van der Waals surface area contributed by atoms with Gasteiger partial charge in [0.2, 0.25) is 0 Å². The first kappa shape index (κ1) is 21.7. The number of halogens is 1. The van der Waals surface area contributed by atoms with E-state index >= 15 is 0 Å². The van der Waals surface area contributed by atoms with E-state index in [4.69, 9.17) is 0 Å². The van der Waals surface area contributed by atoms with Crippen LogP contribution in [-0.2, 0) is 4.79 Å². The molecule has 2 unspecified atom stereocenters. The summed E-state index contributed by atoms with van der Waals surface area (Å²) in [6.45, 7) is 3.97. The molecule has 0 fully saturated rings. The number of carboxylic acids is 1. The van der Waals surface area contributed by atoms with E-state index in [1.165, 1.54) is 16.7 Å². The molecule has 5 aromatic rings. The van der Waals surface area contributed by atoms with Crippen LogP contribution in [0.25, 0.3) is 21.9 Å². The average Bonchev–Trinajstić information content (AvgIpc) is 3.37. The van der Waals surface area contributed by atoms with E-state index in [0.717, 1.165) is 22.0 Å². The van der Waals surface area contributed by atoms with E-state index in [1.54, 1.807) is 28.8 Å². The van der Waals surface area contributed by atoms with Gasteiger partial charge in [0.1, 0.15) is 5.82 Å². The highest BCUT2D eigenvalue weighted by atomic mass is 19.1. The zero-order chi connectivity index (χ0) is 24.0. The zero-order valence-electron chi connectivity index (χ0n) is 18.8. The number of aromatic amines is 1. The molecule has 0 amide bonds. The molecule has 0 bridgehead atoms. The number of fused-ring (bicyclic) bond motifs is 2. The lowest BCUT2D eigenvalue weighted by Crippen LogP contribution is -2.31. The molecule has 172 valence electrons. The van der Waals surface area contributed by atoms with Gasteiger partial charge in [-0.1, -0.05) is 42.5 Å². The summed E-state index contributed by atoms with van der Waals surface area (Å²) in [7, 11) is 0. The van der Waals surface area contributed by atoms with E-state index < -0.39 is 24.2 Å². The van der Waals surface area contributed by atoms with Gasteiger partial charge < -0.3 is 10.1 Å². The third kappa shape index (κ3) is 3.41. The second kappa shape index (κ2) is 8.33. The van der Waals surface area contributed by atoms with Gasteiger partial charge in [-0.3, -0.25) is 13.9 Å². The maximum absolute atomic E-state index is 14.8. The van der Waals surface area contributed by atoms with Gasteiger partial charge in [-0.25, -0.2) is 9.18 Å². The molecule has 3 aromatic carbocycles. The maximum atomic E-state index is 14.8. The molecule has 0 spiro atoms. The molecule has 0 radical (unpaired) electrons. The third-order valence-electron chi connectivity index (χ3n) is 6.54. The molecule has 0 saturated heterocycles. The Morgan fingerprint density at radius 1 is 0.971 bits per heavy atom. The van der Waals surface area contributed by atoms with Crippen LogP contribution in [0.2, 0.25) is 0 Å². The SMILES string of the molecule is Cc1cccc2[nH]cc(C(C)n3c(=O)n(C(CC(=O)O)c4ccccc4F)c4ccccc43)c12. The van der Waals surface area contributed by atoms with Crippen LogP contribution in [0.15, 0.2) is 77.7 Å². The van der Waals surface area contributed by atoms with E-state index in [0.29, 0.717) is 11.0 Å². The Bertz CT molecular complexity index is 1590. The minimum absolute atomic E-state index is 0.172. The summed E-state index contributed by atoms with van der Waals surface area (Å²) >= 11 is 0. The number of benzene rings is 3. The fraction of sp³-hybridized carbons (Fsp3) is 0.185. The minimum atomic E-state index is -1.11. The summed E-state index contributed by atoms with van der Waals surface area (Å²) in [6.07, 6.45) is 1.49. The maximum Gasteiger partial charge on any atom is 0.330 e. The van der Waals surface area contributed by atoms with Crippen molar-refractivity contribution < 1.29 is 14.3 Å². The van der Waals surface area contributed by atoms with E-state index in [9.17, 15) is 19.1 Å². The van der Waals surface area contributed by atoms with E-state index in [2.05, 4.69) is 4.98 Å². The largest absolute Gasteiger partial charge is 0.481 e. The van der Waals surface area contributed by atoms with Crippen molar-refractivity contribution in [2.75, 3.05) is 0 Å². The second-order valence-electron chi connectivity index (χ2n) is 8.56. The quantitative estimate of drug-likeness (QED) is 0.358. The number of H-pyrrole nitrogens is 1. The Kier molecular flexibility index (Phi) is 5.32. The number of aromatic nitrogens is 3. The normalized spacial score (nSPS) is 13.4. The highest BCUT2D eigenvalue weighted by Crippen LogP contribution is 2.33. The number of para-hydroxylation sites is 2. The van der Waals surface area contributed by atoms with Crippen molar-refractivity contribution in [1.82, 2.24) is 14.1 Å². The average molecular weight is 458 g/mol. The number of carboxylic acid groups (broad SMARTS) is 1. The van der Waals surface area contributed by atoms with Crippen LogP contribution in [-0.4, -0.2) is 25.2 Å². The number of nitrogens with zero attached hydrogens (tertiary/aromatic N) is 2. The Hall–Kier alpha value is -4.13. The van der Waals surface area contributed by atoms with Crippen LogP contribution in [0, 0.1) is 12.7 Å². The molecule has 0 aliphatic rings. The molecule has 0 aliphatic heterocycles. The van der Waals surface area contributed by atoms with Crippen LogP contribution < -0.4 is 5.69 Å². The van der Waals surface area contributed by atoms with Crippen molar-refractivity contribution in [3.63, 3.8) is 0 Å². The second-order valence-corrected chi connectivity index (χ2v) is 8.56. The number of imidazole rings is 1. The molecule has 0 saturated carbocycles. The summed E-state index contributed by atoms with van der Waals surface area (Å²) in [4.78, 5) is 29.0. The highest BCUT2D eigenvalue weighted by molar-refractivity contribution is 5.87. The summed E-state index contributed by atoms with van der Waals surface area (Å²) in [6, 6.07) is 17.9. The van der Waals surface area contributed by atoms with Crippen LogP contribution in [0.3, 0.4) is 0 Å². The summed E-state index contributed by atoms with van der Waals surface area (Å²) in [5.74, 6) is -1.66. The lowest BCUT2D eigenvalue weighted by molar-refractivity contribution is -0.137. The molecule has 2 aromatic heterocycles. The monoisotopic (exact) mass is 457 g/mol. The van der Waals surface area contributed by atoms with Crippen molar-refractivity contribution >= 4 is 27.9 Å². The van der Waals surface area contributed by atoms with Gasteiger partial charge in [0.05, 0.1) is 29.5 Å². The van der Waals surface area contributed by atoms with Gasteiger partial charge in [-0.15, -0.1) is 0 Å². The number of hydrogen-bond acceptors (Lipinski definition) is 2. The molecule has 2 N–H and O–H groups in total. The first-order valence-electron chi connectivity index (χ1n) is 11.1. The van der Waals surface area contributed by atoms with Crippen LogP contribution >= 0.6 is 0 Å². The van der Waals surface area contributed by atoms with Gasteiger partial charge in [-0.2, -0.15) is 0 Å². The molecule has 0 aliphatic carbocycles. The predicted octanol–water partition coefficient (Wildman–Crippen LogP) is 5.41. The Labute approximate surface area is 194 Å². The van der Waals surface area contributed by atoms with Gasteiger partial charge in [0.15, 0.2) is 0 Å². The first-order valence-corrected chi connectivity index (χ1v) is 11.1. The molecular formula is C27H24FN3O3. The topological polar surface area (TPSA) is 80.0 Å². The number of rotatable bonds is 6. The van der Waals surface area contributed by atoms with Crippen molar-refractivity contribution in [3.8, 4) is 0 Å². The Morgan fingerprint density at radius 2 is 1.65 bits per heavy atom. The smallest absolute Gasteiger partial charge is 0.330 e. The number of aliphatic carboxylic acids is 1. The molecule has 34 heavy (non-hydrogen) atoms. The standard InChI is InChI=1S/C27H24FN3O3/c1-16-8-7-11-21-26(16)19(15-29-21)17(2)30-22-12-5-6-13-23(22)31(27(30)34)24(14-25(32)33)18-9-3-4-10-20(18)28/h3-13,15,17,24,29H,14H2,1-2H3,(H,32,33). The van der Waals surface area contributed by atoms with E-state index in [1.807, 2.05) is 50.4 Å². The fourth-order valence-electron chi connectivity index (χ4n) is 4.99. The zero-order valence-corrected chi connectivity index (χ0v) is 18.8. The number of carbonyl (C=O) groups is 1. The Morgan fingerprint density at radius 3 is 2.35 bits per heavy atom. The van der Waals surface area contributed by atoms with Crippen LogP contribution in [0.5, 0.6) is 0 Å². The number of hydrogen-bond donors (Lipinski definition) is 2. The van der Waals surface area contributed by atoms with Crippen LogP contribution in [0.1, 0.15) is 42.1 Å². The third-order valence-corrected chi connectivity index (χ3v) is 6.54. The summed E-state index contributed by atoms with van der Waals surface area (Å²) < 4.78 is 17.9. The van der Waals surface area contributed by atoms with Crippen molar-refractivity contribution in [3.05, 3.63) is 106 Å². The van der Waals surface area contributed by atoms with Gasteiger partial charge in [-0.05, 0) is 43.7 Å². The predicted molar refractivity (Wildman–Crippen MR) is 130 cm³/mol. The summed E-state index contributed by atoms with van der Waals surface area (Å²) in [5, 5.41) is 10.7. The first-order chi connectivity index (χ1) is 16.4. The molecule has 2 heterocycles. The van der Waals surface area contributed by atoms with Crippen LogP contribution in [0.4, 0.5) is 4.39 Å². The van der Waals surface area contributed by atoms with Gasteiger partial charge >= 0.3 is 11.7 Å². The minimum Gasteiger partial charge on any atom is -0.481 e. The molecule has 5 rings (SSSR count). The van der Waals surface area contributed by atoms with Crippen molar-refractivity contribution in [2.45, 2.75) is 32.4 Å². The summed E-state index contributed by atoms with van der Waals surface area (Å²) in [5.41, 5.74) is 4.04. The lowest BCUT2D eigenvalue weighted by Gasteiger charge is -2.18. The van der Waals surface area contributed by atoms with Gasteiger partial charge in [0, 0.05) is 28.2 Å². The lowest BCUT2D eigenvalue weighted by atomic mass is 10.0.